The van der Waals surface area contributed by atoms with Crippen molar-refractivity contribution < 1.29 is 19.1 Å². The van der Waals surface area contributed by atoms with Crippen LogP contribution in [-0.2, 0) is 14.9 Å². The Labute approximate surface area is 201 Å². The first-order valence-electron chi connectivity index (χ1n) is 12.5. The number of hydrogen-bond acceptors (Lipinski definition) is 4. The normalized spacial score (nSPS) is 29.3. The number of carbonyl (C=O) groups is 3. The molecule has 1 aromatic carbocycles. The number of aryl methyl sites for hydroxylation is 3. The molecule has 0 saturated heterocycles. The smallest absolute Gasteiger partial charge is 0.312 e. The van der Waals surface area contributed by atoms with E-state index in [1.807, 2.05) is 0 Å². The summed E-state index contributed by atoms with van der Waals surface area (Å²) in [6.45, 7) is 9.06. The van der Waals surface area contributed by atoms with Crippen molar-refractivity contribution in [3.63, 3.8) is 0 Å². The highest BCUT2D eigenvalue weighted by Crippen LogP contribution is 2.66. The maximum Gasteiger partial charge on any atom is 0.312 e. The first-order valence-corrected chi connectivity index (χ1v) is 12.5. The fourth-order valence-corrected chi connectivity index (χ4v) is 7.82. The highest BCUT2D eigenvalue weighted by atomic mass is 16.5. The van der Waals surface area contributed by atoms with Crippen molar-refractivity contribution in [1.82, 2.24) is 4.98 Å². The number of hydrogen-bond donors (Lipinski definition) is 1. The molecule has 0 radical (unpaired) electrons. The molecule has 1 heterocycles. The van der Waals surface area contributed by atoms with Gasteiger partial charge in [-0.1, -0.05) is 18.2 Å². The first-order chi connectivity index (χ1) is 16.0. The van der Waals surface area contributed by atoms with E-state index in [-0.39, 0.29) is 29.6 Å². The molecule has 4 bridgehead atoms. The number of Topliss-reactive ketones (excluding diaryl/α,β-unsaturated/α-hetero) is 2. The Balaban J connectivity index is 1.36. The van der Waals surface area contributed by atoms with E-state index >= 15 is 0 Å². The number of aromatic nitrogens is 1. The van der Waals surface area contributed by atoms with Gasteiger partial charge < -0.3 is 9.72 Å². The van der Waals surface area contributed by atoms with E-state index in [1.54, 1.807) is 13.8 Å². The van der Waals surface area contributed by atoms with Crippen LogP contribution in [0, 0.1) is 44.9 Å². The van der Waals surface area contributed by atoms with Crippen LogP contribution in [0.5, 0.6) is 0 Å². The lowest BCUT2D eigenvalue weighted by Gasteiger charge is -2.61. The van der Waals surface area contributed by atoms with Crippen LogP contribution in [0.2, 0.25) is 0 Å². The van der Waals surface area contributed by atoms with Gasteiger partial charge >= 0.3 is 5.97 Å². The van der Waals surface area contributed by atoms with Gasteiger partial charge in [-0.15, -0.1) is 0 Å². The van der Waals surface area contributed by atoms with Gasteiger partial charge in [-0.2, -0.15) is 0 Å². The van der Waals surface area contributed by atoms with Crippen molar-refractivity contribution in [1.29, 1.82) is 0 Å². The second kappa shape index (κ2) is 7.93. The lowest BCUT2D eigenvalue weighted by atomic mass is 9.43. The molecule has 5 nitrogen and oxygen atoms in total. The van der Waals surface area contributed by atoms with E-state index in [2.05, 4.69) is 37.0 Å². The summed E-state index contributed by atoms with van der Waals surface area (Å²) in [7, 11) is 0. The van der Waals surface area contributed by atoms with Crippen LogP contribution in [0.4, 0.5) is 0 Å². The summed E-state index contributed by atoms with van der Waals surface area (Å²) in [6.07, 6.45) is 6.06. The van der Waals surface area contributed by atoms with Gasteiger partial charge in [0.25, 0.3) is 0 Å². The molecule has 34 heavy (non-hydrogen) atoms. The predicted octanol–water partition coefficient (Wildman–Crippen LogP) is 5.72. The molecule has 1 N–H and O–H groups in total. The van der Waals surface area contributed by atoms with Crippen molar-refractivity contribution in [2.45, 2.75) is 78.6 Å². The molecule has 180 valence electrons. The number of esters is 1. The van der Waals surface area contributed by atoms with Crippen LogP contribution < -0.4 is 0 Å². The summed E-state index contributed by atoms with van der Waals surface area (Å²) in [5.74, 6) is 0.508. The number of aromatic amines is 1. The van der Waals surface area contributed by atoms with E-state index in [4.69, 9.17) is 4.74 Å². The minimum absolute atomic E-state index is 0.0368. The third-order valence-electron chi connectivity index (χ3n) is 9.02. The summed E-state index contributed by atoms with van der Waals surface area (Å²) in [6, 6.07) is 6.80. The molecule has 4 fully saturated rings. The molecule has 6 rings (SSSR count). The van der Waals surface area contributed by atoms with Gasteiger partial charge in [0.15, 0.2) is 12.4 Å². The zero-order valence-corrected chi connectivity index (χ0v) is 21.0. The lowest BCUT2D eigenvalue weighted by Crippen LogP contribution is -2.57. The fourth-order valence-electron chi connectivity index (χ4n) is 7.82. The van der Waals surface area contributed by atoms with Crippen molar-refractivity contribution in [2.75, 3.05) is 6.61 Å². The highest BCUT2D eigenvalue weighted by molar-refractivity contribution is 6.04. The molecule has 4 aliphatic rings. The van der Waals surface area contributed by atoms with Crippen LogP contribution in [0.3, 0.4) is 0 Å². The minimum Gasteiger partial charge on any atom is -0.457 e. The molecule has 0 aliphatic heterocycles. The number of rotatable bonds is 6. The lowest BCUT2D eigenvalue weighted by molar-refractivity contribution is -0.172. The zero-order valence-electron chi connectivity index (χ0n) is 21.0. The van der Waals surface area contributed by atoms with Gasteiger partial charge in [0.05, 0.1) is 11.1 Å². The van der Waals surface area contributed by atoms with Gasteiger partial charge in [0.2, 0.25) is 5.78 Å². The number of H-pyrrole nitrogens is 1. The van der Waals surface area contributed by atoms with Crippen LogP contribution in [0.1, 0.15) is 94.2 Å². The Kier molecular flexibility index (Phi) is 5.38. The summed E-state index contributed by atoms with van der Waals surface area (Å²) >= 11 is 0. The van der Waals surface area contributed by atoms with Gasteiger partial charge in [0.1, 0.15) is 0 Å². The number of nitrogens with one attached hydrogen (secondary N) is 1. The van der Waals surface area contributed by atoms with Gasteiger partial charge in [0, 0.05) is 11.3 Å². The Bertz CT molecular complexity index is 1190. The second-order valence-electron chi connectivity index (χ2n) is 11.5. The number of ketones is 2. The molecular formula is C29H35NO4. The Morgan fingerprint density at radius 3 is 2.26 bits per heavy atom. The average molecular weight is 462 g/mol. The van der Waals surface area contributed by atoms with Crippen molar-refractivity contribution in [2.24, 2.45) is 17.3 Å². The largest absolute Gasteiger partial charge is 0.457 e. The van der Waals surface area contributed by atoms with E-state index < -0.39 is 5.41 Å². The maximum absolute atomic E-state index is 13.6. The number of carbonyl (C=O) groups excluding carboxylic acids is 3. The molecular weight excluding hydrogens is 426 g/mol. The van der Waals surface area contributed by atoms with Crippen molar-refractivity contribution in [3.8, 4) is 0 Å². The standard InChI is InChI=1S/C29H35NO4/c1-16-6-7-23(8-17(16)2)28-10-21-9-22(11-28)13-29(12-21,15-28)27(33)34-14-24(32)26-18(3)25(20(5)31)19(4)30-26/h6-8,21-22,30H,9-15H2,1-5H3. The van der Waals surface area contributed by atoms with Crippen molar-refractivity contribution in [3.05, 3.63) is 57.4 Å². The number of benzene rings is 1. The SMILES string of the molecule is CC(=O)c1c(C)[nH]c(C(=O)COC(=O)C23CC4CC(C2)CC(c2ccc(C)c(C)c2)(C4)C3)c1C. The number of ether oxygens (including phenoxy) is 1. The molecule has 1 aromatic heterocycles. The first kappa shape index (κ1) is 23.1. The van der Waals surface area contributed by atoms with Crippen LogP contribution >= 0.6 is 0 Å². The summed E-state index contributed by atoms with van der Waals surface area (Å²) in [5, 5.41) is 0. The Morgan fingerprint density at radius 2 is 1.68 bits per heavy atom. The van der Waals surface area contributed by atoms with Crippen LogP contribution in [0.15, 0.2) is 18.2 Å². The molecule has 0 amide bonds. The molecule has 2 unspecified atom stereocenters. The van der Waals surface area contributed by atoms with Crippen LogP contribution in [0.25, 0.3) is 0 Å². The predicted molar refractivity (Wildman–Crippen MR) is 130 cm³/mol. The minimum atomic E-state index is -0.492. The third-order valence-corrected chi connectivity index (χ3v) is 9.02. The quantitative estimate of drug-likeness (QED) is 0.441. The summed E-state index contributed by atoms with van der Waals surface area (Å²) in [4.78, 5) is 41.4. The monoisotopic (exact) mass is 461 g/mol. The molecule has 4 saturated carbocycles. The summed E-state index contributed by atoms with van der Waals surface area (Å²) in [5.41, 5.74) is 5.74. The van der Waals surface area contributed by atoms with E-state index in [0.29, 0.717) is 34.4 Å². The Hall–Kier alpha value is -2.69. The van der Waals surface area contributed by atoms with E-state index in [9.17, 15) is 14.4 Å². The molecule has 4 aliphatic carbocycles. The molecule has 2 atom stereocenters. The topological polar surface area (TPSA) is 76.2 Å². The fraction of sp³-hybridized carbons (Fsp3) is 0.552. The van der Waals surface area contributed by atoms with E-state index in [1.165, 1.54) is 30.0 Å². The van der Waals surface area contributed by atoms with Crippen molar-refractivity contribution >= 4 is 17.5 Å². The van der Waals surface area contributed by atoms with Gasteiger partial charge in [-0.05, 0) is 113 Å². The van der Waals surface area contributed by atoms with Gasteiger partial charge in [-0.3, -0.25) is 14.4 Å². The molecule has 2 aromatic rings. The third kappa shape index (κ3) is 3.55. The van der Waals surface area contributed by atoms with E-state index in [0.717, 1.165) is 32.1 Å². The van der Waals surface area contributed by atoms with Crippen LogP contribution in [-0.4, -0.2) is 29.1 Å². The second-order valence-corrected chi connectivity index (χ2v) is 11.5. The Morgan fingerprint density at radius 1 is 1.00 bits per heavy atom. The highest BCUT2D eigenvalue weighted by Gasteiger charge is 2.61. The van der Waals surface area contributed by atoms with Gasteiger partial charge in [-0.25, -0.2) is 0 Å². The zero-order chi connectivity index (χ0) is 24.4. The summed E-state index contributed by atoms with van der Waals surface area (Å²) < 4.78 is 5.74. The maximum atomic E-state index is 13.6. The molecule has 5 heteroatoms. The average Bonchev–Trinajstić information content (AvgIpc) is 3.06. The molecule has 0 spiro atoms.